The van der Waals surface area contributed by atoms with Crippen molar-refractivity contribution in [3.63, 3.8) is 0 Å². The normalized spacial score (nSPS) is 19.9. The summed E-state index contributed by atoms with van der Waals surface area (Å²) in [7, 11) is 0. The molecule has 0 saturated carbocycles. The Balaban J connectivity index is 2.36. The molecule has 15 heavy (non-hydrogen) atoms. The molecule has 2 rings (SSSR count). The number of carbonyl (C=O) groups is 1. The number of ether oxygens (including phenoxy) is 1. The quantitative estimate of drug-likeness (QED) is 0.729. The molecule has 1 amide bonds. The fourth-order valence-corrected chi connectivity index (χ4v) is 1.36. The molecule has 1 aliphatic heterocycles. The number of nitrogens with one attached hydrogen (secondary N) is 1. The predicted octanol–water partition coefficient (Wildman–Crippen LogP) is 1.88. The summed E-state index contributed by atoms with van der Waals surface area (Å²) in [4.78, 5) is 10.7. The average molecular weight is 217 g/mol. The Morgan fingerprint density at radius 2 is 1.87 bits per heavy atom. The number of alkyl carbamates (subject to hydrolysis) is 1. The van der Waals surface area contributed by atoms with Gasteiger partial charge in [0.05, 0.1) is 6.04 Å². The lowest BCUT2D eigenvalue weighted by Crippen LogP contribution is -2.19. The van der Waals surface area contributed by atoms with Crippen molar-refractivity contribution in [3.05, 3.63) is 35.1 Å². The van der Waals surface area contributed by atoms with Crippen LogP contribution in [0.15, 0.2) is 12.1 Å². The van der Waals surface area contributed by atoms with Crippen molar-refractivity contribution in [2.24, 2.45) is 0 Å². The van der Waals surface area contributed by atoms with Crippen LogP contribution in [0.1, 0.15) is 11.6 Å². The first-order valence-electron chi connectivity index (χ1n) is 4.15. The fraction of sp³-hybridized carbons (Fsp3) is 0.222. The van der Waals surface area contributed by atoms with E-state index in [1.807, 2.05) is 0 Å². The maximum atomic E-state index is 13.2. The zero-order valence-corrected chi connectivity index (χ0v) is 7.39. The van der Waals surface area contributed by atoms with Crippen LogP contribution in [0.2, 0.25) is 0 Å². The second-order valence-corrected chi connectivity index (χ2v) is 3.08. The van der Waals surface area contributed by atoms with Crippen molar-refractivity contribution >= 4 is 6.09 Å². The van der Waals surface area contributed by atoms with Gasteiger partial charge in [-0.05, 0) is 6.07 Å². The molecule has 1 atom stereocenters. The van der Waals surface area contributed by atoms with Gasteiger partial charge in [0.1, 0.15) is 12.4 Å². The van der Waals surface area contributed by atoms with E-state index in [9.17, 15) is 18.0 Å². The van der Waals surface area contributed by atoms with Crippen LogP contribution in [0.5, 0.6) is 0 Å². The maximum absolute atomic E-state index is 13.2. The number of halogens is 3. The van der Waals surface area contributed by atoms with E-state index >= 15 is 0 Å². The summed E-state index contributed by atoms with van der Waals surface area (Å²) in [6.07, 6.45) is -0.705. The molecule has 0 radical (unpaired) electrons. The molecule has 0 bridgehead atoms. The van der Waals surface area contributed by atoms with Gasteiger partial charge in [-0.1, -0.05) is 0 Å². The molecule has 0 aromatic heterocycles. The number of hydrogen-bond donors (Lipinski definition) is 1. The van der Waals surface area contributed by atoms with Crippen molar-refractivity contribution in [1.82, 2.24) is 5.32 Å². The third-order valence-corrected chi connectivity index (χ3v) is 2.09. The van der Waals surface area contributed by atoms with Crippen LogP contribution >= 0.6 is 0 Å². The van der Waals surface area contributed by atoms with Gasteiger partial charge >= 0.3 is 6.09 Å². The standard InChI is InChI=1S/C9H6F3NO2/c10-5-2-7(12)6(11)1-4(5)8-3-15-9(14)13-8/h1-2,8H,3H2,(H,13,14)/t8-/m0/s1. The van der Waals surface area contributed by atoms with Crippen LogP contribution in [0.4, 0.5) is 18.0 Å². The Morgan fingerprint density at radius 3 is 2.47 bits per heavy atom. The molecular formula is C9H6F3NO2. The molecule has 0 unspecified atom stereocenters. The van der Waals surface area contributed by atoms with Gasteiger partial charge in [-0.3, -0.25) is 0 Å². The van der Waals surface area contributed by atoms with Gasteiger partial charge in [0.15, 0.2) is 11.6 Å². The highest BCUT2D eigenvalue weighted by atomic mass is 19.2. The van der Waals surface area contributed by atoms with Gasteiger partial charge < -0.3 is 10.1 Å². The molecule has 1 N–H and O–H groups in total. The van der Waals surface area contributed by atoms with Gasteiger partial charge in [-0.15, -0.1) is 0 Å². The number of amides is 1. The van der Waals surface area contributed by atoms with E-state index in [0.29, 0.717) is 12.1 Å². The van der Waals surface area contributed by atoms with Crippen molar-refractivity contribution in [1.29, 1.82) is 0 Å². The Labute approximate surface area is 82.8 Å². The third kappa shape index (κ3) is 1.74. The minimum absolute atomic E-state index is 0.0964. The first-order valence-corrected chi connectivity index (χ1v) is 4.15. The van der Waals surface area contributed by atoms with Crippen molar-refractivity contribution in [3.8, 4) is 0 Å². The maximum Gasteiger partial charge on any atom is 0.407 e. The van der Waals surface area contributed by atoms with E-state index in [1.165, 1.54) is 0 Å². The van der Waals surface area contributed by atoms with Crippen LogP contribution in [0.3, 0.4) is 0 Å². The minimum Gasteiger partial charge on any atom is -0.447 e. The summed E-state index contributed by atoms with van der Waals surface area (Å²) < 4.78 is 43.1. The lowest BCUT2D eigenvalue weighted by Gasteiger charge is -2.09. The Bertz CT molecular complexity index is 422. The highest BCUT2D eigenvalue weighted by Crippen LogP contribution is 2.23. The van der Waals surface area contributed by atoms with Gasteiger partial charge in [0.2, 0.25) is 0 Å². The molecule has 0 aliphatic carbocycles. The first kappa shape index (κ1) is 9.82. The second kappa shape index (κ2) is 3.45. The molecule has 1 aromatic rings. The number of carbonyl (C=O) groups excluding carboxylic acids is 1. The van der Waals surface area contributed by atoms with Crippen LogP contribution in [0, 0.1) is 17.5 Å². The number of rotatable bonds is 1. The van der Waals surface area contributed by atoms with E-state index < -0.39 is 29.6 Å². The Morgan fingerprint density at radius 1 is 1.20 bits per heavy atom. The van der Waals surface area contributed by atoms with E-state index in [0.717, 1.165) is 0 Å². The van der Waals surface area contributed by atoms with Gasteiger partial charge in [0, 0.05) is 11.6 Å². The molecule has 1 fully saturated rings. The van der Waals surface area contributed by atoms with Gasteiger partial charge in [0.25, 0.3) is 0 Å². The molecule has 3 nitrogen and oxygen atoms in total. The Kier molecular flexibility index (Phi) is 2.26. The third-order valence-electron chi connectivity index (χ3n) is 2.09. The van der Waals surface area contributed by atoms with Gasteiger partial charge in [-0.25, -0.2) is 18.0 Å². The summed E-state index contributed by atoms with van der Waals surface area (Å²) in [5.74, 6) is -3.33. The summed E-state index contributed by atoms with van der Waals surface area (Å²) in [5.41, 5.74) is -0.125. The zero-order valence-electron chi connectivity index (χ0n) is 7.39. The smallest absolute Gasteiger partial charge is 0.407 e. The van der Waals surface area contributed by atoms with Crippen molar-refractivity contribution < 1.29 is 22.7 Å². The summed E-state index contributed by atoms with van der Waals surface area (Å²) in [6, 6.07) is 0.381. The number of benzene rings is 1. The molecule has 1 aliphatic rings. The lowest BCUT2D eigenvalue weighted by atomic mass is 10.1. The summed E-state index contributed by atoms with van der Waals surface area (Å²) in [5, 5.41) is 2.27. The number of cyclic esters (lactones) is 1. The molecule has 6 heteroatoms. The highest BCUT2D eigenvalue weighted by Gasteiger charge is 2.27. The topological polar surface area (TPSA) is 38.3 Å². The molecule has 1 saturated heterocycles. The minimum atomic E-state index is -1.26. The average Bonchev–Trinajstić information content (AvgIpc) is 2.58. The highest BCUT2D eigenvalue weighted by molar-refractivity contribution is 5.70. The van der Waals surface area contributed by atoms with Crippen LogP contribution in [-0.4, -0.2) is 12.7 Å². The van der Waals surface area contributed by atoms with E-state index in [2.05, 4.69) is 10.1 Å². The van der Waals surface area contributed by atoms with Gasteiger partial charge in [-0.2, -0.15) is 0 Å². The monoisotopic (exact) mass is 217 g/mol. The predicted molar refractivity (Wildman–Crippen MR) is 43.5 cm³/mol. The van der Waals surface area contributed by atoms with Crippen LogP contribution < -0.4 is 5.32 Å². The fourth-order valence-electron chi connectivity index (χ4n) is 1.36. The summed E-state index contributed by atoms with van der Waals surface area (Å²) in [6.45, 7) is -0.0964. The zero-order chi connectivity index (χ0) is 11.0. The number of hydrogen-bond acceptors (Lipinski definition) is 2. The van der Waals surface area contributed by atoms with E-state index in [4.69, 9.17) is 0 Å². The largest absolute Gasteiger partial charge is 0.447 e. The van der Waals surface area contributed by atoms with E-state index in [-0.39, 0.29) is 12.2 Å². The Hall–Kier alpha value is -1.72. The van der Waals surface area contributed by atoms with Crippen LogP contribution in [-0.2, 0) is 4.74 Å². The lowest BCUT2D eigenvalue weighted by molar-refractivity contribution is 0.176. The molecular weight excluding hydrogens is 211 g/mol. The SMILES string of the molecule is O=C1N[C@H](c2cc(F)c(F)cc2F)CO1. The second-order valence-electron chi connectivity index (χ2n) is 3.08. The van der Waals surface area contributed by atoms with Crippen LogP contribution in [0.25, 0.3) is 0 Å². The molecule has 80 valence electrons. The summed E-state index contributed by atoms with van der Waals surface area (Å²) >= 11 is 0. The molecule has 1 heterocycles. The first-order chi connectivity index (χ1) is 7.08. The molecule has 1 aromatic carbocycles. The van der Waals surface area contributed by atoms with Crippen molar-refractivity contribution in [2.75, 3.05) is 6.61 Å². The van der Waals surface area contributed by atoms with Crippen molar-refractivity contribution in [2.45, 2.75) is 6.04 Å². The van der Waals surface area contributed by atoms with E-state index in [1.54, 1.807) is 0 Å². The molecule has 0 spiro atoms.